The number of rotatable bonds is 4. The quantitative estimate of drug-likeness (QED) is 0.156. The topological polar surface area (TPSA) is 186 Å². The highest BCUT2D eigenvalue weighted by Crippen LogP contribution is 2.23. The third-order valence-corrected chi connectivity index (χ3v) is 5.85. The van der Waals surface area contributed by atoms with Gasteiger partial charge in [0, 0.05) is 0 Å². The predicted octanol–water partition coefficient (Wildman–Crippen LogP) is 5.68. The van der Waals surface area contributed by atoms with E-state index in [2.05, 4.69) is 18.9 Å². The van der Waals surface area contributed by atoms with Crippen LogP contribution in [0.15, 0.2) is 84.9 Å². The lowest BCUT2D eigenvalue weighted by Crippen LogP contribution is -2.00. The number of aromatic hydroxyl groups is 4. The van der Waals surface area contributed by atoms with E-state index in [9.17, 15) is 19.2 Å². The van der Waals surface area contributed by atoms with E-state index in [-0.39, 0.29) is 28.0 Å². The molecule has 0 saturated carbocycles. The van der Waals surface area contributed by atoms with E-state index >= 15 is 0 Å². The Labute approximate surface area is 269 Å². The number of carbonyl (C=O) groups is 4. The maximum Gasteiger partial charge on any atom is 0.337 e. The summed E-state index contributed by atoms with van der Waals surface area (Å²) in [5.74, 6) is -1.38. The van der Waals surface area contributed by atoms with Gasteiger partial charge in [0.15, 0.2) is 0 Å². The van der Waals surface area contributed by atoms with Crippen LogP contribution in [-0.4, -0.2) is 72.7 Å². The van der Waals surface area contributed by atoms with Crippen molar-refractivity contribution in [2.75, 3.05) is 28.4 Å². The second-order valence-electron chi connectivity index (χ2n) is 8.73. The molecule has 0 saturated heterocycles. The van der Waals surface area contributed by atoms with Gasteiger partial charge in [0.25, 0.3) is 0 Å². The predicted molar refractivity (Wildman–Crippen MR) is 168 cm³/mol. The number of carbonyl (C=O) groups excluding carboxylic acids is 4. The lowest BCUT2D eigenvalue weighted by atomic mass is 10.1. The summed E-state index contributed by atoms with van der Waals surface area (Å²) >= 11 is 5.56. The molecule has 4 rings (SSSR count). The molecular weight excluding hydrogens is 624 g/mol. The highest BCUT2D eigenvalue weighted by atomic mass is 35.5. The fourth-order valence-corrected chi connectivity index (χ4v) is 3.30. The molecule has 0 radical (unpaired) electrons. The number of hydrogen-bond donors (Lipinski definition) is 4. The molecule has 12 nitrogen and oxygen atoms in total. The van der Waals surface area contributed by atoms with Gasteiger partial charge >= 0.3 is 23.9 Å². The van der Waals surface area contributed by atoms with Crippen LogP contribution >= 0.6 is 11.6 Å². The molecule has 0 aromatic heterocycles. The molecule has 46 heavy (non-hydrogen) atoms. The number of methoxy groups -OCH3 is 4. The van der Waals surface area contributed by atoms with Gasteiger partial charge < -0.3 is 39.4 Å². The van der Waals surface area contributed by atoms with Gasteiger partial charge in [-0.3, -0.25) is 0 Å². The normalized spacial score (nSPS) is 9.35. The van der Waals surface area contributed by atoms with Gasteiger partial charge in [-0.1, -0.05) is 17.7 Å². The Morgan fingerprint density at radius 1 is 0.500 bits per heavy atom. The summed E-state index contributed by atoms with van der Waals surface area (Å²) in [6, 6.07) is 20.6. The first-order chi connectivity index (χ1) is 21.8. The van der Waals surface area contributed by atoms with Crippen LogP contribution in [-0.2, 0) is 18.9 Å². The Kier molecular flexibility index (Phi) is 16.2. The average molecular weight is 657 g/mol. The average Bonchev–Trinajstić information content (AvgIpc) is 3.07. The van der Waals surface area contributed by atoms with Gasteiger partial charge in [0.05, 0.1) is 55.7 Å². The van der Waals surface area contributed by atoms with Crippen LogP contribution in [0.2, 0.25) is 5.02 Å². The molecule has 0 amide bonds. The van der Waals surface area contributed by atoms with Crippen LogP contribution in [0.1, 0.15) is 47.0 Å². The molecule has 244 valence electrons. The van der Waals surface area contributed by atoms with Crippen LogP contribution in [0.3, 0.4) is 0 Å². The SMILES string of the molecule is COC(=O)c1ccc(O)c(C)c1.COC(=O)c1ccc(O)c(Cl)c1.COC(=O)c1ccc(O)cc1.COC(=O)c1cccc(O)c1. The lowest BCUT2D eigenvalue weighted by molar-refractivity contribution is 0.0591. The summed E-state index contributed by atoms with van der Waals surface area (Å²) in [5.41, 5.74) is 2.23. The number of benzene rings is 4. The lowest BCUT2D eigenvalue weighted by Gasteiger charge is -2.01. The zero-order chi connectivity index (χ0) is 34.8. The molecule has 0 atom stereocenters. The Bertz CT molecular complexity index is 1550. The fraction of sp³-hybridized carbons (Fsp3) is 0.152. The highest BCUT2D eigenvalue weighted by Gasteiger charge is 2.08. The Morgan fingerprint density at radius 3 is 1.35 bits per heavy atom. The molecule has 0 heterocycles. The van der Waals surface area contributed by atoms with Crippen molar-refractivity contribution in [2.45, 2.75) is 6.92 Å². The largest absolute Gasteiger partial charge is 0.508 e. The van der Waals surface area contributed by atoms with Gasteiger partial charge in [0.2, 0.25) is 0 Å². The second-order valence-corrected chi connectivity index (χ2v) is 9.14. The monoisotopic (exact) mass is 656 g/mol. The molecule has 0 aliphatic carbocycles. The second kappa shape index (κ2) is 19.5. The van der Waals surface area contributed by atoms with Gasteiger partial charge in [-0.15, -0.1) is 0 Å². The minimum Gasteiger partial charge on any atom is -0.508 e. The Balaban J connectivity index is 0.000000307. The first-order valence-corrected chi connectivity index (χ1v) is 13.3. The van der Waals surface area contributed by atoms with E-state index in [4.69, 9.17) is 32.0 Å². The van der Waals surface area contributed by atoms with Crippen molar-refractivity contribution in [3.63, 3.8) is 0 Å². The standard InChI is InChI=1S/C9H10O3.C8H7ClO3.2C8H8O3/c1-6-5-7(9(11)12-2)3-4-8(6)10;1-12-8(11)5-2-3-7(10)6(9)4-5;1-11-8(10)6-2-4-7(9)5-3-6;1-11-8(10)6-3-2-4-7(9)5-6/h3-5,10H,1-2H3;2-4,10H,1H3;2*2-5,9H,1H3. The van der Waals surface area contributed by atoms with E-state index in [1.54, 1.807) is 25.1 Å². The Morgan fingerprint density at radius 2 is 0.913 bits per heavy atom. The highest BCUT2D eigenvalue weighted by molar-refractivity contribution is 6.32. The van der Waals surface area contributed by atoms with Gasteiger partial charge in [-0.25, -0.2) is 19.2 Å². The molecule has 0 spiro atoms. The van der Waals surface area contributed by atoms with Crippen molar-refractivity contribution < 1.29 is 58.6 Å². The van der Waals surface area contributed by atoms with Crippen LogP contribution < -0.4 is 0 Å². The van der Waals surface area contributed by atoms with Crippen LogP contribution in [0.25, 0.3) is 0 Å². The zero-order valence-corrected chi connectivity index (χ0v) is 26.3. The van der Waals surface area contributed by atoms with Crippen LogP contribution in [0, 0.1) is 6.92 Å². The van der Waals surface area contributed by atoms with Crippen molar-refractivity contribution in [1.82, 2.24) is 0 Å². The third kappa shape index (κ3) is 12.9. The molecule has 4 N–H and O–H groups in total. The molecule has 0 aliphatic heterocycles. The van der Waals surface area contributed by atoms with Gasteiger partial charge in [0.1, 0.15) is 23.0 Å². The van der Waals surface area contributed by atoms with Gasteiger partial charge in [-0.2, -0.15) is 0 Å². The van der Waals surface area contributed by atoms with Crippen LogP contribution in [0.4, 0.5) is 0 Å². The van der Waals surface area contributed by atoms with Crippen molar-refractivity contribution >= 4 is 35.5 Å². The van der Waals surface area contributed by atoms with Crippen molar-refractivity contribution in [1.29, 1.82) is 0 Å². The molecule has 4 aromatic carbocycles. The fourth-order valence-electron chi connectivity index (χ4n) is 3.12. The van der Waals surface area contributed by atoms with Crippen LogP contribution in [0.5, 0.6) is 23.0 Å². The number of ether oxygens (including phenoxy) is 4. The first-order valence-electron chi connectivity index (χ1n) is 13.0. The first kappa shape index (κ1) is 38.3. The van der Waals surface area contributed by atoms with Crippen molar-refractivity contribution in [3.8, 4) is 23.0 Å². The van der Waals surface area contributed by atoms with Crippen molar-refractivity contribution in [2.24, 2.45) is 0 Å². The molecule has 13 heteroatoms. The summed E-state index contributed by atoms with van der Waals surface area (Å²) in [7, 11) is 5.22. The summed E-state index contributed by atoms with van der Waals surface area (Å²) in [4.78, 5) is 43.5. The van der Waals surface area contributed by atoms with E-state index in [0.29, 0.717) is 27.8 Å². The molecule has 4 aromatic rings. The summed E-state index contributed by atoms with van der Waals surface area (Å²) in [6.07, 6.45) is 0. The molecule has 0 bridgehead atoms. The minimum atomic E-state index is -0.475. The number of phenolic OH excluding ortho intramolecular Hbond substituents is 4. The summed E-state index contributed by atoms with van der Waals surface area (Å²) < 4.78 is 17.9. The maximum absolute atomic E-state index is 11.0. The van der Waals surface area contributed by atoms with E-state index in [1.165, 1.54) is 95.2 Å². The molecule has 0 aliphatic rings. The van der Waals surface area contributed by atoms with E-state index < -0.39 is 23.9 Å². The number of phenols is 4. The third-order valence-electron chi connectivity index (χ3n) is 5.54. The van der Waals surface area contributed by atoms with Crippen molar-refractivity contribution in [3.05, 3.63) is 118 Å². The summed E-state index contributed by atoms with van der Waals surface area (Å²) in [6.45, 7) is 1.72. The minimum absolute atomic E-state index is 0.0516. The molecule has 0 fully saturated rings. The number of halogens is 1. The zero-order valence-electron chi connectivity index (χ0n) is 25.5. The maximum atomic E-state index is 11.0. The smallest absolute Gasteiger partial charge is 0.337 e. The van der Waals surface area contributed by atoms with E-state index in [1.807, 2.05) is 0 Å². The molecule has 0 unspecified atom stereocenters. The number of aryl methyl sites for hydroxylation is 1. The van der Waals surface area contributed by atoms with Gasteiger partial charge in [-0.05, 0) is 91.3 Å². The Hall–Kier alpha value is -5.75. The molecular formula is C33H33ClO12. The summed E-state index contributed by atoms with van der Waals surface area (Å²) in [5, 5.41) is 36.1. The number of hydrogen-bond acceptors (Lipinski definition) is 12. The van der Waals surface area contributed by atoms with E-state index in [0.717, 1.165) is 0 Å². The number of esters is 4.